The van der Waals surface area contributed by atoms with Crippen LogP contribution in [0.15, 0.2) is 54.6 Å². The van der Waals surface area contributed by atoms with Crippen LogP contribution in [0.3, 0.4) is 0 Å². The normalized spacial score (nSPS) is 10.2. The van der Waals surface area contributed by atoms with Crippen molar-refractivity contribution in [1.29, 1.82) is 0 Å². The second-order valence-electron chi connectivity index (χ2n) is 3.81. The third-order valence-electron chi connectivity index (χ3n) is 2.46. The van der Waals surface area contributed by atoms with Gasteiger partial charge >= 0.3 is 0 Å². The Morgan fingerprint density at radius 2 is 1.73 bits per heavy atom. The van der Waals surface area contributed by atoms with Gasteiger partial charge in [0, 0.05) is 0 Å². The molecule has 0 aliphatic rings. The number of rotatable bonds is 3. The summed E-state index contributed by atoms with van der Waals surface area (Å²) in [6.45, 7) is 2.12. The van der Waals surface area contributed by atoms with Gasteiger partial charge in [0.15, 0.2) is 0 Å². The molecule has 1 heteroatoms. The first-order chi connectivity index (χ1) is 7.34. The van der Waals surface area contributed by atoms with E-state index in [1.165, 1.54) is 16.6 Å². The molecule has 0 fully saturated rings. The smallest absolute Gasteiger partial charge is 0.0399 e. The van der Waals surface area contributed by atoms with Gasteiger partial charge in [0.2, 0.25) is 0 Å². The van der Waals surface area contributed by atoms with Crippen molar-refractivity contribution in [3.05, 3.63) is 65.7 Å². The maximum absolute atomic E-state index is 2.27. The van der Waals surface area contributed by atoms with E-state index >= 15 is 0 Å². The summed E-state index contributed by atoms with van der Waals surface area (Å²) >= 11 is 0. The van der Waals surface area contributed by atoms with E-state index in [1.807, 2.05) is 0 Å². The predicted octanol–water partition coefficient (Wildman–Crippen LogP) is 2.52. The van der Waals surface area contributed by atoms with Crippen LogP contribution in [0.2, 0.25) is 0 Å². The van der Waals surface area contributed by atoms with Gasteiger partial charge in [0.1, 0.15) is 0 Å². The maximum atomic E-state index is 2.27. The van der Waals surface area contributed by atoms with E-state index in [4.69, 9.17) is 0 Å². The lowest BCUT2D eigenvalue weighted by molar-refractivity contribution is 1.39. The molecule has 0 aliphatic heterocycles. The minimum Gasteiger partial charge on any atom is -0.291 e. The van der Waals surface area contributed by atoms with Gasteiger partial charge in [-0.25, -0.2) is 6.32 Å². The molecule has 2 aromatic rings. The lowest BCUT2D eigenvalue weighted by atomic mass is 9.65. The molecule has 0 amide bonds. The van der Waals surface area contributed by atoms with E-state index in [1.54, 1.807) is 0 Å². The highest BCUT2D eigenvalue weighted by molar-refractivity contribution is 6.52. The fourth-order valence-corrected chi connectivity index (χ4v) is 1.65. The van der Waals surface area contributed by atoms with Gasteiger partial charge < -0.3 is 0 Å². The Labute approximate surface area is 92.2 Å². The van der Waals surface area contributed by atoms with Crippen LogP contribution in [0.5, 0.6) is 0 Å². The van der Waals surface area contributed by atoms with Crippen LogP contribution in [0.25, 0.3) is 0 Å². The molecule has 2 aromatic carbocycles. The molecule has 0 aliphatic carbocycles. The molecule has 0 aromatic heterocycles. The largest absolute Gasteiger partial charge is 0.291 e. The van der Waals surface area contributed by atoms with Crippen LogP contribution in [-0.2, 0) is 6.32 Å². The standard InChI is InChI=1S/C14H14B/c1-12-6-5-9-14(10-12)15-11-13-7-3-2-4-8-13/h2-10H,11H2,1H3/q-1. The van der Waals surface area contributed by atoms with E-state index in [0.29, 0.717) is 0 Å². The highest BCUT2D eigenvalue weighted by Gasteiger charge is 1.84. The maximum Gasteiger partial charge on any atom is -0.0399 e. The van der Waals surface area contributed by atoms with E-state index in [2.05, 4.69) is 68.8 Å². The highest BCUT2D eigenvalue weighted by Crippen LogP contribution is 1.99. The zero-order valence-corrected chi connectivity index (χ0v) is 8.98. The molecule has 0 spiro atoms. The van der Waals surface area contributed by atoms with Crippen molar-refractivity contribution >= 4 is 12.7 Å². The van der Waals surface area contributed by atoms with Crippen molar-refractivity contribution in [3.8, 4) is 0 Å². The van der Waals surface area contributed by atoms with Crippen molar-refractivity contribution in [1.82, 2.24) is 0 Å². The summed E-state index contributed by atoms with van der Waals surface area (Å²) in [5.41, 5.74) is 3.98. The molecule has 0 atom stereocenters. The van der Waals surface area contributed by atoms with Crippen LogP contribution >= 0.6 is 0 Å². The lowest BCUT2D eigenvalue weighted by Crippen LogP contribution is -2.16. The van der Waals surface area contributed by atoms with Crippen molar-refractivity contribution < 1.29 is 0 Å². The van der Waals surface area contributed by atoms with Crippen LogP contribution in [0, 0.1) is 6.92 Å². The summed E-state index contributed by atoms with van der Waals surface area (Å²) in [5, 5.41) is 0. The van der Waals surface area contributed by atoms with Crippen molar-refractivity contribution in [3.63, 3.8) is 0 Å². The van der Waals surface area contributed by atoms with Crippen LogP contribution in [0.4, 0.5) is 0 Å². The number of benzene rings is 2. The molecule has 0 N–H and O–H groups in total. The third-order valence-corrected chi connectivity index (χ3v) is 2.46. The molecule has 0 nitrogen and oxygen atoms in total. The molecule has 0 saturated carbocycles. The Hall–Kier alpha value is -1.50. The quantitative estimate of drug-likeness (QED) is 0.657. The fourth-order valence-electron chi connectivity index (χ4n) is 1.65. The average Bonchev–Trinajstić information content (AvgIpc) is 2.28. The van der Waals surface area contributed by atoms with Gasteiger partial charge in [-0.05, 0) is 6.92 Å². The molecule has 0 heterocycles. The molecule has 0 bridgehead atoms. The Morgan fingerprint density at radius 3 is 2.47 bits per heavy atom. The average molecular weight is 193 g/mol. The molecule has 2 radical (unpaired) electrons. The van der Waals surface area contributed by atoms with Gasteiger partial charge in [-0.1, -0.05) is 53.6 Å². The van der Waals surface area contributed by atoms with Crippen LogP contribution in [0.1, 0.15) is 11.1 Å². The summed E-state index contributed by atoms with van der Waals surface area (Å²) in [5.74, 6) is 0. The molecule has 0 unspecified atom stereocenters. The monoisotopic (exact) mass is 193 g/mol. The van der Waals surface area contributed by atoms with E-state index in [-0.39, 0.29) is 0 Å². The Kier molecular flexibility index (Phi) is 3.23. The minimum absolute atomic E-state index is 1.00. The van der Waals surface area contributed by atoms with Gasteiger partial charge in [-0.15, -0.1) is 12.1 Å². The van der Waals surface area contributed by atoms with Crippen molar-refractivity contribution in [2.75, 3.05) is 0 Å². The SMILES string of the molecule is Cc1cccc([B-]Cc2ccccc2)c1. The fraction of sp³-hybridized carbons (Fsp3) is 0.143. The van der Waals surface area contributed by atoms with E-state index in [9.17, 15) is 0 Å². The van der Waals surface area contributed by atoms with E-state index < -0.39 is 0 Å². The van der Waals surface area contributed by atoms with Crippen LogP contribution in [-0.4, -0.2) is 7.28 Å². The Bertz CT molecular complexity index is 420. The first-order valence-corrected chi connectivity index (χ1v) is 5.28. The molecule has 2 rings (SSSR count). The summed E-state index contributed by atoms with van der Waals surface area (Å²) in [6, 6.07) is 19.1. The second-order valence-corrected chi connectivity index (χ2v) is 3.81. The summed E-state index contributed by atoms with van der Waals surface area (Å²) in [6.07, 6.45) is 1.00. The minimum atomic E-state index is 1.00. The van der Waals surface area contributed by atoms with Crippen molar-refractivity contribution in [2.24, 2.45) is 0 Å². The number of aryl methyl sites for hydroxylation is 1. The van der Waals surface area contributed by atoms with Gasteiger partial charge in [-0.3, -0.25) is 12.7 Å². The predicted molar refractivity (Wildman–Crippen MR) is 66.7 cm³/mol. The topological polar surface area (TPSA) is 0 Å². The van der Waals surface area contributed by atoms with Gasteiger partial charge in [0.05, 0.1) is 0 Å². The van der Waals surface area contributed by atoms with Gasteiger partial charge in [0.25, 0.3) is 0 Å². The Morgan fingerprint density at radius 1 is 0.933 bits per heavy atom. The summed E-state index contributed by atoms with van der Waals surface area (Å²) in [7, 11) is 2.27. The molecule has 0 saturated heterocycles. The number of hydrogen-bond donors (Lipinski definition) is 0. The highest BCUT2D eigenvalue weighted by atomic mass is 13.9. The summed E-state index contributed by atoms with van der Waals surface area (Å²) < 4.78 is 0. The van der Waals surface area contributed by atoms with Gasteiger partial charge in [-0.2, -0.15) is 0 Å². The molecule has 15 heavy (non-hydrogen) atoms. The molecule has 74 valence electrons. The second kappa shape index (κ2) is 4.83. The zero-order valence-electron chi connectivity index (χ0n) is 8.98. The molecular weight excluding hydrogens is 179 g/mol. The first-order valence-electron chi connectivity index (χ1n) is 5.28. The number of hydrogen-bond acceptors (Lipinski definition) is 0. The van der Waals surface area contributed by atoms with E-state index in [0.717, 1.165) is 6.32 Å². The molecular formula is C14H14B-. The van der Waals surface area contributed by atoms with Crippen molar-refractivity contribution in [2.45, 2.75) is 13.2 Å². The Balaban J connectivity index is 1.99. The van der Waals surface area contributed by atoms with Crippen LogP contribution < -0.4 is 5.46 Å². The summed E-state index contributed by atoms with van der Waals surface area (Å²) in [4.78, 5) is 0. The zero-order chi connectivity index (χ0) is 10.5. The lowest BCUT2D eigenvalue weighted by Gasteiger charge is -2.16. The third kappa shape index (κ3) is 2.98. The first kappa shape index (κ1) is 10.0.